The Hall–Kier alpha value is -3.26. The van der Waals surface area contributed by atoms with E-state index in [1.54, 1.807) is 7.11 Å². The molecule has 168 valence electrons. The molecule has 0 radical (unpaired) electrons. The first-order valence-electron chi connectivity index (χ1n) is 10.7. The molecule has 1 aliphatic rings. The topological polar surface area (TPSA) is 82.3 Å². The van der Waals surface area contributed by atoms with Crippen molar-refractivity contribution in [3.05, 3.63) is 47.7 Å². The number of phenolic OH excluding ortho intramolecular Hbond substituents is 2. The lowest BCUT2D eigenvalue weighted by molar-refractivity contribution is 0.417. The molecule has 0 spiro atoms. The standard InChI is InChI=1S/C24H28N4O3S/c1-4-10-28-11-9-16-19(7-8-22(31-3)23(16)28)27(2)24(26-25-14-32)18-12-17(15-5-6-15)20(29)13-21(18)30/h7-9,11-15,29-30H,4-6,10H2,1-3H3,(H,25,32)/b26-24-. The van der Waals surface area contributed by atoms with E-state index < -0.39 is 0 Å². The maximum absolute atomic E-state index is 10.7. The van der Waals surface area contributed by atoms with Crippen LogP contribution in [0.1, 0.15) is 43.2 Å². The van der Waals surface area contributed by atoms with Crippen molar-refractivity contribution in [1.82, 2.24) is 9.99 Å². The number of phenols is 2. The molecule has 0 bridgehead atoms. The summed E-state index contributed by atoms with van der Waals surface area (Å²) in [7, 11) is 3.57. The van der Waals surface area contributed by atoms with Gasteiger partial charge >= 0.3 is 0 Å². The molecular formula is C24H28N4O3S. The molecule has 32 heavy (non-hydrogen) atoms. The molecule has 1 fully saturated rings. The van der Waals surface area contributed by atoms with Gasteiger partial charge in [-0.25, -0.2) is 0 Å². The Morgan fingerprint density at radius 1 is 1.28 bits per heavy atom. The number of nitrogens with one attached hydrogen (secondary N) is 1. The summed E-state index contributed by atoms with van der Waals surface area (Å²) in [5.74, 6) is 1.67. The number of methoxy groups -OCH3 is 1. The quantitative estimate of drug-likeness (QED) is 0.199. The average Bonchev–Trinajstić information content (AvgIpc) is 3.54. The molecule has 0 atom stereocenters. The monoisotopic (exact) mass is 452 g/mol. The Balaban J connectivity index is 1.85. The van der Waals surface area contributed by atoms with Gasteiger partial charge in [-0.2, -0.15) is 5.10 Å². The molecule has 0 saturated heterocycles. The molecule has 1 heterocycles. The fraction of sp³-hybridized carbons (Fsp3) is 0.333. The zero-order valence-electron chi connectivity index (χ0n) is 18.5. The Morgan fingerprint density at radius 3 is 2.72 bits per heavy atom. The number of aromatic nitrogens is 1. The van der Waals surface area contributed by atoms with Crippen molar-refractivity contribution in [2.24, 2.45) is 5.10 Å². The van der Waals surface area contributed by atoms with E-state index >= 15 is 0 Å². The first kappa shape index (κ1) is 22.0. The molecule has 1 saturated carbocycles. The largest absolute Gasteiger partial charge is 0.508 e. The van der Waals surface area contributed by atoms with E-state index in [2.05, 4.69) is 34.3 Å². The number of amidine groups is 1. The molecule has 3 N–H and O–H groups in total. The highest BCUT2D eigenvalue weighted by atomic mass is 32.1. The number of hydrogen-bond acceptors (Lipinski definition) is 5. The minimum atomic E-state index is -0.0445. The van der Waals surface area contributed by atoms with Crippen molar-refractivity contribution >= 4 is 40.1 Å². The number of ether oxygens (including phenoxy) is 1. The Morgan fingerprint density at radius 2 is 2.06 bits per heavy atom. The second-order valence-electron chi connectivity index (χ2n) is 8.00. The minimum absolute atomic E-state index is 0.0445. The summed E-state index contributed by atoms with van der Waals surface area (Å²) in [6, 6.07) is 9.20. The highest BCUT2D eigenvalue weighted by Gasteiger charge is 2.29. The lowest BCUT2D eigenvalue weighted by Crippen LogP contribution is -2.29. The molecule has 1 aliphatic carbocycles. The van der Waals surface area contributed by atoms with Gasteiger partial charge in [0, 0.05) is 31.2 Å². The van der Waals surface area contributed by atoms with E-state index in [1.165, 1.54) is 11.6 Å². The van der Waals surface area contributed by atoms with Gasteiger partial charge in [-0.15, -0.1) is 0 Å². The molecular weight excluding hydrogens is 424 g/mol. The second kappa shape index (κ2) is 9.08. The van der Waals surface area contributed by atoms with Gasteiger partial charge in [0.2, 0.25) is 0 Å². The van der Waals surface area contributed by atoms with Gasteiger partial charge in [0.15, 0.2) is 5.84 Å². The minimum Gasteiger partial charge on any atom is -0.508 e. The van der Waals surface area contributed by atoms with Gasteiger partial charge < -0.3 is 24.4 Å². The molecule has 1 aromatic heterocycles. The van der Waals surface area contributed by atoms with Crippen molar-refractivity contribution in [3.63, 3.8) is 0 Å². The summed E-state index contributed by atoms with van der Waals surface area (Å²) in [5, 5.41) is 26.5. The summed E-state index contributed by atoms with van der Waals surface area (Å²) in [6.45, 7) is 3.02. The highest BCUT2D eigenvalue weighted by molar-refractivity contribution is 7.78. The fourth-order valence-electron chi connectivity index (χ4n) is 4.17. The number of benzene rings is 2. The maximum Gasteiger partial charge on any atom is 0.164 e. The number of rotatable bonds is 8. The van der Waals surface area contributed by atoms with Crippen molar-refractivity contribution in [2.45, 2.75) is 38.6 Å². The van der Waals surface area contributed by atoms with Crippen LogP contribution in [0, 0.1) is 0 Å². The number of aromatic hydroxyl groups is 2. The molecule has 0 aliphatic heterocycles. The molecule has 7 nitrogen and oxygen atoms in total. The van der Waals surface area contributed by atoms with Crippen LogP contribution in [0.3, 0.4) is 0 Å². The van der Waals surface area contributed by atoms with Crippen LogP contribution < -0.4 is 15.1 Å². The molecule has 3 aromatic rings. The van der Waals surface area contributed by atoms with E-state index in [9.17, 15) is 10.2 Å². The summed E-state index contributed by atoms with van der Waals surface area (Å²) in [5.41, 5.74) is 7.31. The molecule has 0 amide bonds. The SMILES string of the molecule is CCCn1ccc2c(N(C)/C(=N\NC=S)c3cc(C4CC4)c(O)cc3O)ccc(OC)c21. The van der Waals surface area contributed by atoms with Crippen molar-refractivity contribution in [3.8, 4) is 17.2 Å². The zero-order chi connectivity index (χ0) is 22.8. The number of hydrogen-bond donors (Lipinski definition) is 3. The number of aryl methyl sites for hydroxylation is 1. The predicted molar refractivity (Wildman–Crippen MR) is 132 cm³/mol. The Kier molecular flexibility index (Phi) is 6.23. The molecule has 8 heteroatoms. The van der Waals surface area contributed by atoms with Crippen molar-refractivity contribution in [1.29, 1.82) is 0 Å². The first-order chi connectivity index (χ1) is 15.5. The van der Waals surface area contributed by atoms with Crippen LogP contribution in [0.25, 0.3) is 10.9 Å². The number of thiocarbonyl (C=S) groups is 1. The van der Waals surface area contributed by atoms with Gasteiger partial charge in [-0.1, -0.05) is 19.1 Å². The molecule has 2 aromatic carbocycles. The van der Waals surface area contributed by atoms with Crippen LogP contribution in [0.4, 0.5) is 5.69 Å². The summed E-state index contributed by atoms with van der Waals surface area (Å²) in [6.07, 6.45) is 5.12. The van der Waals surface area contributed by atoms with E-state index in [-0.39, 0.29) is 11.5 Å². The van der Waals surface area contributed by atoms with E-state index in [0.29, 0.717) is 17.3 Å². The first-order valence-corrected chi connectivity index (χ1v) is 11.2. The lowest BCUT2D eigenvalue weighted by Gasteiger charge is -2.24. The third-order valence-electron chi connectivity index (χ3n) is 5.86. The van der Waals surface area contributed by atoms with Gasteiger partial charge in [0.1, 0.15) is 17.2 Å². The molecule has 0 unspecified atom stereocenters. The van der Waals surface area contributed by atoms with Gasteiger partial charge in [0.25, 0.3) is 0 Å². The highest BCUT2D eigenvalue weighted by Crippen LogP contribution is 2.46. The fourth-order valence-corrected chi connectivity index (χ4v) is 4.23. The summed E-state index contributed by atoms with van der Waals surface area (Å²) < 4.78 is 7.81. The third kappa shape index (κ3) is 3.98. The van der Waals surface area contributed by atoms with Gasteiger partial charge in [-0.05, 0) is 55.0 Å². The average molecular weight is 453 g/mol. The molecule has 4 rings (SSSR count). The number of hydrazone groups is 1. The van der Waals surface area contributed by atoms with Crippen LogP contribution in [0.2, 0.25) is 0 Å². The summed E-state index contributed by atoms with van der Waals surface area (Å²) in [4.78, 5) is 1.91. The van der Waals surface area contributed by atoms with E-state index in [0.717, 1.165) is 53.7 Å². The predicted octanol–water partition coefficient (Wildman–Crippen LogP) is 4.69. The Bertz CT molecular complexity index is 1180. The maximum atomic E-state index is 10.7. The number of nitrogens with zero attached hydrogens (tertiary/aromatic N) is 3. The van der Waals surface area contributed by atoms with Crippen LogP contribution >= 0.6 is 12.2 Å². The van der Waals surface area contributed by atoms with Gasteiger partial charge in [0.05, 0.1) is 29.4 Å². The lowest BCUT2D eigenvalue weighted by atomic mass is 10.0. The van der Waals surface area contributed by atoms with Crippen molar-refractivity contribution in [2.75, 3.05) is 19.1 Å². The normalized spacial score (nSPS) is 13.9. The number of fused-ring (bicyclic) bond motifs is 1. The summed E-state index contributed by atoms with van der Waals surface area (Å²) >= 11 is 4.91. The van der Waals surface area contributed by atoms with Gasteiger partial charge in [-0.3, -0.25) is 5.43 Å². The zero-order valence-corrected chi connectivity index (χ0v) is 19.3. The van der Waals surface area contributed by atoms with E-state index in [4.69, 9.17) is 17.0 Å². The van der Waals surface area contributed by atoms with E-state index in [1.807, 2.05) is 30.1 Å². The third-order valence-corrected chi connectivity index (χ3v) is 5.96. The number of anilines is 1. The Labute approximate surface area is 192 Å². The van der Waals surface area contributed by atoms with Crippen LogP contribution in [0.5, 0.6) is 17.2 Å². The van der Waals surface area contributed by atoms with Crippen LogP contribution in [-0.2, 0) is 6.54 Å². The smallest absolute Gasteiger partial charge is 0.164 e. The second-order valence-corrected chi connectivity index (χ2v) is 8.24. The van der Waals surface area contributed by atoms with Crippen LogP contribution in [0.15, 0.2) is 41.6 Å². The van der Waals surface area contributed by atoms with Crippen molar-refractivity contribution < 1.29 is 14.9 Å². The van der Waals surface area contributed by atoms with Crippen LogP contribution in [-0.4, -0.2) is 40.3 Å².